The maximum absolute atomic E-state index is 12.3. The minimum absolute atomic E-state index is 0.0747. The number of aliphatic hydroxyl groups is 1. The van der Waals surface area contributed by atoms with Gasteiger partial charge in [-0.05, 0) is 45.1 Å². The second-order valence-electron chi connectivity index (χ2n) is 12.2. The third-order valence-corrected chi connectivity index (χ3v) is 8.46. The van der Waals surface area contributed by atoms with E-state index in [1.165, 1.54) is 77.0 Å². The van der Waals surface area contributed by atoms with E-state index in [0.717, 1.165) is 70.9 Å². The van der Waals surface area contributed by atoms with E-state index in [-0.39, 0.29) is 24.5 Å². The number of unbranched alkanes of at least 4 members (excludes halogenated alkanes) is 12. The molecule has 0 aliphatic heterocycles. The molecule has 1 unspecified atom stereocenters. The molecular weight excluding hydrogens is 502 g/mol. The second kappa shape index (κ2) is 26.7. The number of rotatable bonds is 27. The summed E-state index contributed by atoms with van der Waals surface area (Å²) < 4.78 is 11.3. The van der Waals surface area contributed by atoms with Crippen LogP contribution in [0.15, 0.2) is 0 Å². The zero-order chi connectivity index (χ0) is 29.1. The first-order chi connectivity index (χ1) is 19.6. The summed E-state index contributed by atoms with van der Waals surface area (Å²) in [6.45, 7) is 7.21. The van der Waals surface area contributed by atoms with E-state index < -0.39 is 0 Å². The van der Waals surface area contributed by atoms with Crippen LogP contribution < -0.4 is 0 Å². The van der Waals surface area contributed by atoms with Crippen LogP contribution in [0.25, 0.3) is 0 Å². The first-order valence-electron chi connectivity index (χ1n) is 17.3. The molecule has 1 rings (SSSR count). The molecule has 1 atom stereocenters. The van der Waals surface area contributed by atoms with Crippen LogP contribution in [0, 0.1) is 5.92 Å². The largest absolute Gasteiger partial charge is 0.465 e. The molecule has 0 heterocycles. The monoisotopic (exact) mass is 567 g/mol. The lowest BCUT2D eigenvalue weighted by molar-refractivity contribution is -0.149. The molecule has 236 valence electrons. The Hall–Kier alpha value is -1.14. The van der Waals surface area contributed by atoms with E-state index in [1.807, 2.05) is 0 Å². The van der Waals surface area contributed by atoms with E-state index in [1.54, 1.807) is 0 Å². The molecule has 6 nitrogen and oxygen atoms in total. The zero-order valence-corrected chi connectivity index (χ0v) is 26.5. The van der Waals surface area contributed by atoms with Crippen molar-refractivity contribution in [2.75, 3.05) is 32.9 Å². The Balaban J connectivity index is 2.35. The minimum atomic E-state index is -0.119. The van der Waals surface area contributed by atoms with Crippen LogP contribution in [-0.2, 0) is 19.1 Å². The van der Waals surface area contributed by atoms with E-state index in [2.05, 4.69) is 18.7 Å². The van der Waals surface area contributed by atoms with Crippen molar-refractivity contribution in [2.24, 2.45) is 5.92 Å². The maximum atomic E-state index is 12.3. The molecule has 0 aromatic carbocycles. The highest BCUT2D eigenvalue weighted by atomic mass is 16.5. The number of aliphatic hydroxyl groups excluding tert-OH is 1. The van der Waals surface area contributed by atoms with Crippen molar-refractivity contribution in [1.29, 1.82) is 0 Å². The van der Waals surface area contributed by atoms with Gasteiger partial charge in [0.25, 0.3) is 0 Å². The van der Waals surface area contributed by atoms with Gasteiger partial charge in [-0.1, -0.05) is 110 Å². The molecule has 0 aromatic heterocycles. The van der Waals surface area contributed by atoms with Crippen LogP contribution in [0.2, 0.25) is 0 Å². The van der Waals surface area contributed by atoms with Gasteiger partial charge < -0.3 is 14.6 Å². The quantitative estimate of drug-likeness (QED) is 0.0793. The average molecular weight is 568 g/mol. The summed E-state index contributed by atoms with van der Waals surface area (Å²) in [6, 6.07) is 0.651. The maximum Gasteiger partial charge on any atom is 0.305 e. The van der Waals surface area contributed by atoms with Gasteiger partial charge in [-0.3, -0.25) is 14.5 Å². The van der Waals surface area contributed by atoms with Gasteiger partial charge in [0, 0.05) is 31.3 Å². The number of nitrogens with zero attached hydrogens (tertiary/aromatic N) is 1. The molecule has 1 aliphatic rings. The first kappa shape index (κ1) is 36.9. The van der Waals surface area contributed by atoms with Crippen LogP contribution in [0.5, 0.6) is 0 Å². The van der Waals surface area contributed by atoms with Crippen molar-refractivity contribution in [2.45, 2.75) is 168 Å². The number of carbonyl (C=O) groups excluding carboxylic acids is 2. The molecule has 40 heavy (non-hydrogen) atoms. The van der Waals surface area contributed by atoms with E-state index in [9.17, 15) is 14.7 Å². The predicted molar refractivity (Wildman–Crippen MR) is 165 cm³/mol. The number of hydrogen-bond acceptors (Lipinski definition) is 6. The van der Waals surface area contributed by atoms with Crippen LogP contribution in [0.1, 0.15) is 162 Å². The summed E-state index contributed by atoms with van der Waals surface area (Å²) in [5, 5.41) is 9.51. The molecule has 1 aliphatic carbocycles. The van der Waals surface area contributed by atoms with Gasteiger partial charge in [-0.15, -0.1) is 0 Å². The van der Waals surface area contributed by atoms with Gasteiger partial charge in [0.2, 0.25) is 0 Å². The Morgan fingerprint density at radius 3 is 1.73 bits per heavy atom. The Kier molecular flexibility index (Phi) is 24.7. The number of carbonyl (C=O) groups is 2. The predicted octanol–water partition coefficient (Wildman–Crippen LogP) is 8.38. The Labute approximate surface area is 247 Å². The Morgan fingerprint density at radius 2 is 1.18 bits per heavy atom. The highest BCUT2D eigenvalue weighted by molar-refractivity contribution is 5.69. The second-order valence-corrected chi connectivity index (χ2v) is 12.2. The lowest BCUT2D eigenvalue weighted by Crippen LogP contribution is -2.39. The number of ether oxygens (including phenoxy) is 2. The highest BCUT2D eigenvalue weighted by Crippen LogP contribution is 2.23. The summed E-state index contributed by atoms with van der Waals surface area (Å²) in [5.74, 6) is -0.160. The normalized spacial score (nSPS) is 14.9. The molecule has 6 heteroatoms. The average Bonchev–Trinajstić information content (AvgIpc) is 2.97. The third-order valence-electron chi connectivity index (χ3n) is 8.46. The topological polar surface area (TPSA) is 76.1 Å². The molecule has 1 fully saturated rings. The summed E-state index contributed by atoms with van der Waals surface area (Å²) in [5.41, 5.74) is 0. The van der Waals surface area contributed by atoms with E-state index >= 15 is 0 Å². The van der Waals surface area contributed by atoms with Crippen molar-refractivity contribution in [3.63, 3.8) is 0 Å². The van der Waals surface area contributed by atoms with Crippen molar-refractivity contribution in [3.8, 4) is 0 Å². The summed E-state index contributed by atoms with van der Waals surface area (Å²) in [7, 11) is 0. The molecule has 0 radical (unpaired) electrons. The van der Waals surface area contributed by atoms with Crippen molar-refractivity contribution in [1.82, 2.24) is 4.90 Å². The van der Waals surface area contributed by atoms with Crippen molar-refractivity contribution in [3.05, 3.63) is 0 Å². The van der Waals surface area contributed by atoms with Gasteiger partial charge >= 0.3 is 11.9 Å². The van der Waals surface area contributed by atoms with Crippen LogP contribution in [0.3, 0.4) is 0 Å². The van der Waals surface area contributed by atoms with Gasteiger partial charge in [0.05, 0.1) is 19.8 Å². The van der Waals surface area contributed by atoms with Crippen molar-refractivity contribution < 1.29 is 24.2 Å². The lowest BCUT2D eigenvalue weighted by atomic mass is 9.94. The highest BCUT2D eigenvalue weighted by Gasteiger charge is 2.20. The minimum Gasteiger partial charge on any atom is -0.465 e. The van der Waals surface area contributed by atoms with Crippen molar-refractivity contribution >= 4 is 11.9 Å². The molecular formula is C34H65NO5. The summed E-state index contributed by atoms with van der Waals surface area (Å²) in [6.07, 6.45) is 25.4. The lowest BCUT2D eigenvalue weighted by Gasteiger charge is -2.34. The summed E-state index contributed by atoms with van der Waals surface area (Å²) in [4.78, 5) is 27.1. The number of hydrogen-bond donors (Lipinski definition) is 1. The van der Waals surface area contributed by atoms with Gasteiger partial charge in [-0.25, -0.2) is 0 Å². The molecule has 0 aromatic rings. The van der Waals surface area contributed by atoms with E-state index in [0.29, 0.717) is 32.1 Å². The SMILES string of the molecule is CCCCCCCCC(=O)OCC(CCCCCCN(CCO)C1CCCCC1)COC(=O)CCCCCCC. The van der Waals surface area contributed by atoms with Gasteiger partial charge in [0.15, 0.2) is 0 Å². The first-order valence-corrected chi connectivity index (χ1v) is 17.3. The Morgan fingerprint density at radius 1 is 0.675 bits per heavy atom. The van der Waals surface area contributed by atoms with Gasteiger partial charge in [-0.2, -0.15) is 0 Å². The standard InChI is InChI=1S/C34H65NO5/c1-3-5-7-9-11-19-25-34(38)40-30-31(29-39-33(37)24-18-10-8-6-4-2)21-15-12-13-20-26-35(27-28-36)32-22-16-14-17-23-32/h31-32,36H,3-30H2,1-2H3. The van der Waals surface area contributed by atoms with Crippen LogP contribution in [0.4, 0.5) is 0 Å². The fraction of sp³-hybridized carbons (Fsp3) is 0.941. The molecule has 0 amide bonds. The molecule has 1 N–H and O–H groups in total. The fourth-order valence-corrected chi connectivity index (χ4v) is 5.86. The molecule has 0 spiro atoms. The smallest absolute Gasteiger partial charge is 0.305 e. The zero-order valence-electron chi connectivity index (χ0n) is 26.5. The summed E-state index contributed by atoms with van der Waals surface area (Å²) >= 11 is 0. The third kappa shape index (κ3) is 20.7. The van der Waals surface area contributed by atoms with Crippen LogP contribution in [-0.4, -0.2) is 60.9 Å². The van der Waals surface area contributed by atoms with E-state index in [4.69, 9.17) is 9.47 Å². The Bertz CT molecular complexity index is 593. The number of esters is 2. The molecule has 1 saturated carbocycles. The fourth-order valence-electron chi connectivity index (χ4n) is 5.86. The van der Waals surface area contributed by atoms with Gasteiger partial charge in [0.1, 0.15) is 0 Å². The van der Waals surface area contributed by atoms with Crippen LogP contribution >= 0.6 is 0 Å². The molecule has 0 bridgehead atoms. The molecule has 0 saturated heterocycles.